The third-order valence-corrected chi connectivity index (χ3v) is 3.58. The number of imidazole rings is 1. The van der Waals surface area contributed by atoms with E-state index in [1.807, 2.05) is 30.2 Å². The van der Waals surface area contributed by atoms with Gasteiger partial charge < -0.3 is 15.2 Å². The summed E-state index contributed by atoms with van der Waals surface area (Å²) in [6, 6.07) is 5.08. The lowest BCUT2D eigenvalue weighted by Crippen LogP contribution is -2.34. The molecular formula is C14H17FN4. The Kier molecular flexibility index (Phi) is 2.98. The summed E-state index contributed by atoms with van der Waals surface area (Å²) in [4.78, 5) is 6.30. The first-order valence-electron chi connectivity index (χ1n) is 6.45. The van der Waals surface area contributed by atoms with Crippen molar-refractivity contribution in [1.82, 2.24) is 9.55 Å². The van der Waals surface area contributed by atoms with E-state index >= 15 is 0 Å². The minimum Gasteiger partial charge on any atom is -0.360 e. The van der Waals surface area contributed by atoms with Gasteiger partial charge in [-0.1, -0.05) is 6.07 Å². The molecule has 4 nitrogen and oxygen atoms in total. The molecule has 0 bridgehead atoms. The first-order chi connectivity index (χ1) is 9.15. The molecule has 0 aliphatic carbocycles. The Morgan fingerprint density at radius 2 is 2.21 bits per heavy atom. The van der Waals surface area contributed by atoms with Gasteiger partial charge in [-0.05, 0) is 24.6 Å². The van der Waals surface area contributed by atoms with Gasteiger partial charge in [-0.3, -0.25) is 0 Å². The topological polar surface area (TPSA) is 47.1 Å². The highest BCUT2D eigenvalue weighted by Gasteiger charge is 2.19. The van der Waals surface area contributed by atoms with Gasteiger partial charge in [0.25, 0.3) is 0 Å². The number of anilines is 1. The second-order valence-electron chi connectivity index (χ2n) is 4.96. The Morgan fingerprint density at radius 3 is 2.95 bits per heavy atom. The Bertz CT molecular complexity index is 591. The molecule has 0 unspecified atom stereocenters. The third kappa shape index (κ3) is 2.21. The number of hydrogen-bond acceptors (Lipinski definition) is 3. The molecule has 0 fully saturated rings. The van der Waals surface area contributed by atoms with Gasteiger partial charge in [0.15, 0.2) is 0 Å². The quantitative estimate of drug-likeness (QED) is 0.899. The maximum absolute atomic E-state index is 14.2. The summed E-state index contributed by atoms with van der Waals surface area (Å²) in [5.41, 5.74) is 7.21. The summed E-state index contributed by atoms with van der Waals surface area (Å²) in [6.45, 7) is 4.12. The molecule has 2 aromatic rings. The van der Waals surface area contributed by atoms with E-state index in [1.165, 1.54) is 6.07 Å². The summed E-state index contributed by atoms with van der Waals surface area (Å²) in [5.74, 6) is 0.761. The van der Waals surface area contributed by atoms with Crippen LogP contribution in [0.5, 0.6) is 0 Å². The van der Waals surface area contributed by atoms with Crippen LogP contribution in [-0.4, -0.2) is 16.1 Å². The molecule has 1 aromatic heterocycles. The second-order valence-corrected chi connectivity index (χ2v) is 4.96. The highest BCUT2D eigenvalue weighted by molar-refractivity contribution is 5.50. The molecule has 0 spiro atoms. The maximum Gasteiger partial charge on any atom is 0.146 e. The van der Waals surface area contributed by atoms with Gasteiger partial charge in [-0.15, -0.1) is 0 Å². The van der Waals surface area contributed by atoms with Gasteiger partial charge in [0.05, 0.1) is 12.2 Å². The van der Waals surface area contributed by atoms with E-state index in [9.17, 15) is 4.39 Å². The number of benzene rings is 1. The van der Waals surface area contributed by atoms with E-state index < -0.39 is 0 Å². The summed E-state index contributed by atoms with van der Waals surface area (Å²) in [5, 5.41) is 0. The van der Waals surface area contributed by atoms with Gasteiger partial charge >= 0.3 is 0 Å². The molecule has 19 heavy (non-hydrogen) atoms. The van der Waals surface area contributed by atoms with Gasteiger partial charge in [0, 0.05) is 31.5 Å². The van der Waals surface area contributed by atoms with Crippen molar-refractivity contribution < 1.29 is 4.39 Å². The van der Waals surface area contributed by atoms with E-state index in [0.717, 1.165) is 24.5 Å². The summed E-state index contributed by atoms with van der Waals surface area (Å²) in [7, 11) is 0. The molecule has 3 rings (SSSR count). The van der Waals surface area contributed by atoms with Crippen molar-refractivity contribution in [2.24, 2.45) is 5.73 Å². The molecule has 1 aliphatic heterocycles. The number of rotatable bonds is 2. The lowest BCUT2D eigenvalue weighted by Gasteiger charge is -2.30. The fourth-order valence-corrected chi connectivity index (χ4v) is 2.44. The van der Waals surface area contributed by atoms with Crippen LogP contribution in [0.2, 0.25) is 0 Å². The highest BCUT2D eigenvalue weighted by Crippen LogP contribution is 2.25. The lowest BCUT2D eigenvalue weighted by atomic mass is 10.1. The fourth-order valence-electron chi connectivity index (χ4n) is 2.44. The van der Waals surface area contributed by atoms with Crippen LogP contribution >= 0.6 is 0 Å². The first-order valence-corrected chi connectivity index (χ1v) is 6.45. The van der Waals surface area contributed by atoms with E-state index in [-0.39, 0.29) is 11.9 Å². The highest BCUT2D eigenvalue weighted by atomic mass is 19.1. The summed E-state index contributed by atoms with van der Waals surface area (Å²) in [6.07, 6.45) is 3.75. The zero-order valence-electron chi connectivity index (χ0n) is 10.9. The second kappa shape index (κ2) is 4.66. The van der Waals surface area contributed by atoms with Crippen LogP contribution in [0.1, 0.15) is 24.4 Å². The molecule has 2 N–H and O–H groups in total. The largest absolute Gasteiger partial charge is 0.360 e. The van der Waals surface area contributed by atoms with E-state index in [1.54, 1.807) is 6.20 Å². The fraction of sp³-hybridized carbons (Fsp3) is 0.357. The Balaban J connectivity index is 1.88. The van der Waals surface area contributed by atoms with Crippen molar-refractivity contribution in [3.05, 3.63) is 47.8 Å². The van der Waals surface area contributed by atoms with Crippen molar-refractivity contribution in [2.45, 2.75) is 26.1 Å². The van der Waals surface area contributed by atoms with E-state index in [0.29, 0.717) is 12.2 Å². The molecule has 2 heterocycles. The smallest absolute Gasteiger partial charge is 0.146 e. The maximum atomic E-state index is 14.2. The van der Waals surface area contributed by atoms with Crippen LogP contribution in [0.15, 0.2) is 30.6 Å². The molecule has 0 saturated carbocycles. The van der Waals surface area contributed by atoms with Crippen LogP contribution in [0, 0.1) is 5.82 Å². The standard InChI is InChI=1S/C14H17FN4/c1-10(16)11-2-3-13(12(15)8-11)19-7-6-18-5-4-17-14(18)9-19/h2-5,8,10H,6-7,9,16H2,1H3/t10-/m0/s1. The predicted molar refractivity (Wildman–Crippen MR) is 72.3 cm³/mol. The van der Waals surface area contributed by atoms with Crippen molar-refractivity contribution in [3.63, 3.8) is 0 Å². The molecule has 100 valence electrons. The van der Waals surface area contributed by atoms with E-state index in [2.05, 4.69) is 9.55 Å². The number of nitrogens with zero attached hydrogens (tertiary/aromatic N) is 3. The number of aromatic nitrogens is 2. The number of nitrogens with two attached hydrogens (primary N) is 1. The normalized spacial score (nSPS) is 16.3. The predicted octanol–water partition coefficient (Wildman–Crippen LogP) is 2.06. The van der Waals surface area contributed by atoms with Crippen molar-refractivity contribution >= 4 is 5.69 Å². The molecule has 0 saturated heterocycles. The molecule has 5 heteroatoms. The SMILES string of the molecule is C[C@H](N)c1ccc(N2CCn3ccnc3C2)c(F)c1. The van der Waals surface area contributed by atoms with Crippen LogP contribution < -0.4 is 10.6 Å². The Labute approximate surface area is 111 Å². The van der Waals surface area contributed by atoms with Gasteiger partial charge in [-0.2, -0.15) is 0 Å². The van der Waals surface area contributed by atoms with Crippen molar-refractivity contribution in [2.75, 3.05) is 11.4 Å². The van der Waals surface area contributed by atoms with Crippen LogP contribution in [0.25, 0.3) is 0 Å². The van der Waals surface area contributed by atoms with Crippen LogP contribution in [0.4, 0.5) is 10.1 Å². The molecule has 1 atom stereocenters. The van der Waals surface area contributed by atoms with E-state index in [4.69, 9.17) is 5.73 Å². The minimum atomic E-state index is -0.213. The zero-order chi connectivity index (χ0) is 13.4. The molecular weight excluding hydrogens is 243 g/mol. The average Bonchev–Trinajstić information content (AvgIpc) is 2.85. The summed E-state index contributed by atoms with van der Waals surface area (Å²) >= 11 is 0. The van der Waals surface area contributed by atoms with Gasteiger partial charge in [0.2, 0.25) is 0 Å². The van der Waals surface area contributed by atoms with Gasteiger partial charge in [0.1, 0.15) is 11.6 Å². The molecule has 0 radical (unpaired) electrons. The van der Waals surface area contributed by atoms with Crippen molar-refractivity contribution in [1.29, 1.82) is 0 Å². The minimum absolute atomic E-state index is 0.149. The molecule has 1 aliphatic rings. The molecule has 1 aromatic carbocycles. The molecule has 0 amide bonds. The average molecular weight is 260 g/mol. The van der Waals surface area contributed by atoms with Gasteiger partial charge in [-0.25, -0.2) is 9.37 Å². The number of hydrogen-bond donors (Lipinski definition) is 1. The third-order valence-electron chi connectivity index (χ3n) is 3.58. The van der Waals surface area contributed by atoms with Crippen LogP contribution in [-0.2, 0) is 13.1 Å². The monoisotopic (exact) mass is 260 g/mol. The Morgan fingerprint density at radius 1 is 1.37 bits per heavy atom. The summed E-state index contributed by atoms with van der Waals surface area (Å²) < 4.78 is 16.3. The lowest BCUT2D eigenvalue weighted by molar-refractivity contribution is 0.543. The Hall–Kier alpha value is -1.88. The van der Waals surface area contributed by atoms with Crippen LogP contribution in [0.3, 0.4) is 0 Å². The number of fused-ring (bicyclic) bond motifs is 1. The first kappa shape index (κ1) is 12.2. The zero-order valence-corrected chi connectivity index (χ0v) is 10.9. The number of halogens is 1. The van der Waals surface area contributed by atoms with Crippen molar-refractivity contribution in [3.8, 4) is 0 Å².